The third kappa shape index (κ3) is 4.81. The van der Waals surface area contributed by atoms with Crippen LogP contribution in [0.25, 0.3) is 0 Å². The number of nitrogens with one attached hydrogen (secondary N) is 1. The fraction of sp³-hybridized carbons (Fsp3) is 0.529. The van der Waals surface area contributed by atoms with Gasteiger partial charge in [0.15, 0.2) is 0 Å². The molecule has 1 aromatic carbocycles. The molecule has 3 rings (SSSR count). The van der Waals surface area contributed by atoms with Crippen molar-refractivity contribution in [2.45, 2.75) is 18.9 Å². The van der Waals surface area contributed by atoms with Gasteiger partial charge in [-0.2, -0.15) is 0 Å². The van der Waals surface area contributed by atoms with Crippen LogP contribution in [-0.4, -0.2) is 67.0 Å². The molecule has 0 bridgehead atoms. The van der Waals surface area contributed by atoms with Crippen LogP contribution in [0.5, 0.6) is 0 Å². The second kappa shape index (κ2) is 8.76. The number of anilines is 1. The molecule has 2 amide bonds. The number of carbonyl (C=O) groups is 2. The molecule has 2 fully saturated rings. The van der Waals surface area contributed by atoms with Crippen LogP contribution in [0.1, 0.15) is 12.8 Å². The van der Waals surface area contributed by atoms with Crippen LogP contribution in [0, 0.1) is 0 Å². The van der Waals surface area contributed by atoms with Crippen LogP contribution in [0.4, 0.5) is 5.69 Å². The number of piperazine rings is 1. The van der Waals surface area contributed by atoms with Crippen molar-refractivity contribution in [3.8, 4) is 0 Å². The summed E-state index contributed by atoms with van der Waals surface area (Å²) in [7, 11) is 0. The van der Waals surface area contributed by atoms with Gasteiger partial charge in [-0.1, -0.05) is 34.8 Å². The zero-order valence-corrected chi connectivity index (χ0v) is 16.4. The normalized spacial score (nSPS) is 21.0. The predicted molar refractivity (Wildman–Crippen MR) is 102 cm³/mol. The lowest BCUT2D eigenvalue weighted by molar-refractivity contribution is -0.142. The fourth-order valence-corrected chi connectivity index (χ4v) is 3.71. The van der Waals surface area contributed by atoms with E-state index in [-0.39, 0.29) is 24.5 Å². The summed E-state index contributed by atoms with van der Waals surface area (Å²) in [6.45, 7) is 3.35. The van der Waals surface area contributed by atoms with E-state index in [9.17, 15) is 9.59 Å². The minimum absolute atomic E-state index is 0.0641. The van der Waals surface area contributed by atoms with E-state index in [2.05, 4.69) is 5.32 Å². The summed E-state index contributed by atoms with van der Waals surface area (Å²) < 4.78 is 5.45. The molecule has 0 aliphatic carbocycles. The van der Waals surface area contributed by atoms with Gasteiger partial charge >= 0.3 is 0 Å². The second-order valence-electron chi connectivity index (χ2n) is 6.40. The van der Waals surface area contributed by atoms with Crippen molar-refractivity contribution in [1.29, 1.82) is 0 Å². The summed E-state index contributed by atoms with van der Waals surface area (Å²) >= 11 is 17.9. The molecule has 1 atom stereocenters. The number of carbonyl (C=O) groups excluding carboxylic acids is 2. The van der Waals surface area contributed by atoms with E-state index in [1.807, 2.05) is 9.80 Å². The summed E-state index contributed by atoms with van der Waals surface area (Å²) in [5.74, 6) is -0.126. The number of amides is 2. The van der Waals surface area contributed by atoms with E-state index >= 15 is 0 Å². The molecule has 2 heterocycles. The van der Waals surface area contributed by atoms with E-state index in [1.165, 1.54) is 12.1 Å². The van der Waals surface area contributed by atoms with Crippen LogP contribution >= 0.6 is 34.8 Å². The lowest BCUT2D eigenvalue weighted by Gasteiger charge is -2.35. The van der Waals surface area contributed by atoms with Gasteiger partial charge in [0.25, 0.3) is 5.91 Å². The van der Waals surface area contributed by atoms with E-state index in [0.29, 0.717) is 53.5 Å². The molecule has 26 heavy (non-hydrogen) atoms. The van der Waals surface area contributed by atoms with Crippen LogP contribution in [-0.2, 0) is 14.3 Å². The molecular weight excluding hydrogens is 401 g/mol. The van der Waals surface area contributed by atoms with Gasteiger partial charge in [-0.15, -0.1) is 0 Å². The van der Waals surface area contributed by atoms with Gasteiger partial charge in [-0.05, 0) is 25.0 Å². The van der Waals surface area contributed by atoms with Crippen molar-refractivity contribution in [3.63, 3.8) is 0 Å². The number of rotatable bonds is 4. The number of halogens is 3. The van der Waals surface area contributed by atoms with Crippen molar-refractivity contribution in [2.75, 3.05) is 44.6 Å². The van der Waals surface area contributed by atoms with Crippen molar-refractivity contribution in [3.05, 3.63) is 27.2 Å². The largest absolute Gasteiger partial charge is 0.368 e. The molecule has 0 spiro atoms. The topological polar surface area (TPSA) is 61.9 Å². The highest BCUT2D eigenvalue weighted by Crippen LogP contribution is 2.32. The highest BCUT2D eigenvalue weighted by Gasteiger charge is 2.30. The SMILES string of the molecule is O=C(CN1CCN(C(=O)[C@H]2CCCO2)CC1)Nc1cc(Cl)c(Cl)cc1Cl. The highest BCUT2D eigenvalue weighted by molar-refractivity contribution is 6.44. The van der Waals surface area contributed by atoms with Gasteiger partial charge in [0.2, 0.25) is 5.91 Å². The summed E-state index contributed by atoms with van der Waals surface area (Å²) in [6, 6.07) is 3.03. The van der Waals surface area contributed by atoms with Gasteiger partial charge in [0.05, 0.1) is 27.3 Å². The Morgan fingerprint density at radius 3 is 2.42 bits per heavy atom. The Morgan fingerprint density at radius 2 is 1.77 bits per heavy atom. The fourth-order valence-electron chi connectivity index (χ4n) is 3.11. The Balaban J connectivity index is 1.47. The maximum Gasteiger partial charge on any atom is 0.251 e. The van der Waals surface area contributed by atoms with Crippen molar-refractivity contribution >= 4 is 52.3 Å². The molecular formula is C17H20Cl3N3O3. The average molecular weight is 421 g/mol. The molecule has 0 radical (unpaired) electrons. The first-order chi connectivity index (χ1) is 12.4. The van der Waals surface area contributed by atoms with E-state index in [1.54, 1.807) is 0 Å². The quantitative estimate of drug-likeness (QED) is 0.761. The minimum Gasteiger partial charge on any atom is -0.368 e. The Bertz CT molecular complexity index is 687. The standard InChI is InChI=1S/C17H20Cl3N3O3/c18-11-8-13(20)14(9-12(11)19)21-16(24)10-22-3-5-23(6-4-22)17(25)15-2-1-7-26-15/h8-9,15H,1-7,10H2,(H,21,24)/t15-/m1/s1. The summed E-state index contributed by atoms with van der Waals surface area (Å²) in [4.78, 5) is 28.4. The molecule has 9 heteroatoms. The number of ether oxygens (including phenoxy) is 1. The first kappa shape index (κ1) is 19.7. The summed E-state index contributed by atoms with van der Waals surface area (Å²) in [5.41, 5.74) is 0.429. The highest BCUT2D eigenvalue weighted by atomic mass is 35.5. The summed E-state index contributed by atoms with van der Waals surface area (Å²) in [6.07, 6.45) is 1.45. The van der Waals surface area contributed by atoms with Gasteiger partial charge in [0, 0.05) is 32.8 Å². The summed E-state index contributed by atoms with van der Waals surface area (Å²) in [5, 5.41) is 3.74. The van der Waals surface area contributed by atoms with E-state index in [0.717, 1.165) is 12.8 Å². The van der Waals surface area contributed by atoms with E-state index < -0.39 is 0 Å². The zero-order valence-electron chi connectivity index (χ0n) is 14.1. The van der Waals surface area contributed by atoms with Gasteiger partial charge in [-0.25, -0.2) is 0 Å². The Kier molecular flexibility index (Phi) is 6.64. The molecule has 0 saturated carbocycles. The zero-order chi connectivity index (χ0) is 18.7. The molecule has 6 nitrogen and oxygen atoms in total. The Morgan fingerprint density at radius 1 is 1.08 bits per heavy atom. The predicted octanol–water partition coefficient (Wildman–Crippen LogP) is 2.91. The molecule has 142 valence electrons. The first-order valence-electron chi connectivity index (χ1n) is 8.51. The monoisotopic (exact) mass is 419 g/mol. The van der Waals surface area contributed by atoms with Crippen LogP contribution in [0.3, 0.4) is 0 Å². The van der Waals surface area contributed by atoms with Gasteiger partial charge < -0.3 is 15.0 Å². The number of hydrogen-bond acceptors (Lipinski definition) is 4. The number of benzene rings is 1. The minimum atomic E-state index is -0.290. The molecule has 0 aromatic heterocycles. The van der Waals surface area contributed by atoms with Crippen LogP contribution in [0.2, 0.25) is 15.1 Å². The Hall–Kier alpha value is -1.05. The average Bonchev–Trinajstić information content (AvgIpc) is 3.14. The van der Waals surface area contributed by atoms with E-state index in [4.69, 9.17) is 39.5 Å². The van der Waals surface area contributed by atoms with Crippen molar-refractivity contribution in [1.82, 2.24) is 9.80 Å². The third-order valence-electron chi connectivity index (χ3n) is 4.54. The maximum absolute atomic E-state index is 12.3. The maximum atomic E-state index is 12.3. The van der Waals surface area contributed by atoms with Crippen LogP contribution < -0.4 is 5.32 Å². The molecule has 2 saturated heterocycles. The molecule has 1 N–H and O–H groups in total. The third-order valence-corrected chi connectivity index (χ3v) is 5.58. The first-order valence-corrected chi connectivity index (χ1v) is 9.64. The lowest BCUT2D eigenvalue weighted by atomic mass is 10.2. The molecule has 1 aromatic rings. The molecule has 2 aliphatic heterocycles. The number of hydrogen-bond donors (Lipinski definition) is 1. The smallest absolute Gasteiger partial charge is 0.251 e. The van der Waals surface area contributed by atoms with Gasteiger partial charge in [-0.3, -0.25) is 14.5 Å². The van der Waals surface area contributed by atoms with Crippen molar-refractivity contribution in [2.24, 2.45) is 0 Å². The van der Waals surface area contributed by atoms with Gasteiger partial charge in [0.1, 0.15) is 6.10 Å². The Labute approximate surface area is 167 Å². The van der Waals surface area contributed by atoms with Crippen molar-refractivity contribution < 1.29 is 14.3 Å². The lowest BCUT2D eigenvalue weighted by Crippen LogP contribution is -2.52. The number of nitrogens with zero attached hydrogens (tertiary/aromatic N) is 2. The second-order valence-corrected chi connectivity index (χ2v) is 7.62. The van der Waals surface area contributed by atoms with Crippen LogP contribution in [0.15, 0.2) is 12.1 Å². The molecule has 0 unspecified atom stereocenters. The molecule has 2 aliphatic rings.